The molecule has 0 aromatic heterocycles. The third kappa shape index (κ3) is 12.1. The van der Waals surface area contributed by atoms with Gasteiger partial charge >= 0.3 is 75.5 Å². The van der Waals surface area contributed by atoms with Crippen molar-refractivity contribution < 1.29 is 15.0 Å². The Kier molecular flexibility index (Phi) is 13.9. The van der Waals surface area contributed by atoms with Crippen LogP contribution in [0.3, 0.4) is 0 Å². The first-order valence-corrected chi connectivity index (χ1v) is 12.3. The number of para-hydroxylation sites is 1. The van der Waals surface area contributed by atoms with Crippen molar-refractivity contribution in [2.75, 3.05) is 6.54 Å². The van der Waals surface area contributed by atoms with Crippen LogP contribution in [0.15, 0.2) is 29.3 Å². The van der Waals surface area contributed by atoms with E-state index in [2.05, 4.69) is 18.8 Å². The van der Waals surface area contributed by atoms with Crippen LogP contribution in [0, 0.1) is 0 Å². The Morgan fingerprint density at radius 2 is 1.70 bits per heavy atom. The topological polar surface area (TPSA) is 69.9 Å². The number of nitrogens with zero attached hydrogens (tertiary/aromatic N) is 1. The van der Waals surface area contributed by atoms with Crippen LogP contribution in [-0.2, 0) is 4.79 Å². The van der Waals surface area contributed by atoms with Gasteiger partial charge in [0.05, 0.1) is 0 Å². The van der Waals surface area contributed by atoms with Gasteiger partial charge in [-0.15, -0.1) is 0 Å². The van der Waals surface area contributed by atoms with E-state index in [1.807, 2.05) is 0 Å². The van der Waals surface area contributed by atoms with E-state index in [-0.39, 0.29) is 33.4 Å². The summed E-state index contributed by atoms with van der Waals surface area (Å²) in [7, 11) is 0. The molecule has 0 spiro atoms. The maximum atomic E-state index is 10.3. The quantitative estimate of drug-likeness (QED) is 0.349. The van der Waals surface area contributed by atoms with Crippen molar-refractivity contribution in [3.8, 4) is 5.75 Å². The molecule has 0 unspecified atom stereocenters. The number of aromatic hydroxyl groups is 1. The molecule has 2 radical (unpaired) electrons. The molecular weight excluding hydrogens is 397 g/mol. The number of unbranched alkanes of at least 4 members (excludes halogenated alkanes) is 2. The zero-order valence-electron chi connectivity index (χ0n) is 14.5. The molecule has 0 aliphatic carbocycles. The van der Waals surface area contributed by atoms with Gasteiger partial charge in [0.15, 0.2) is 0 Å². The summed E-state index contributed by atoms with van der Waals surface area (Å²) in [6, 6.07) is 6.68. The van der Waals surface area contributed by atoms with Gasteiger partial charge in [0, 0.05) is 11.3 Å². The zero-order valence-corrected chi connectivity index (χ0v) is 17.4. The molecule has 0 bridgehead atoms. The minimum atomic E-state index is -0.986. The van der Waals surface area contributed by atoms with Gasteiger partial charge in [-0.25, -0.2) is 0 Å². The molecule has 0 fully saturated rings. The SMILES string of the molecule is CC(=NCC(=O)O)c1ccccc1O.CCC[CH2][Sn][CH2]CCC. The molecule has 0 aliphatic heterocycles. The molecule has 4 nitrogen and oxygen atoms in total. The van der Waals surface area contributed by atoms with Gasteiger partial charge in [0.1, 0.15) is 12.3 Å². The molecule has 23 heavy (non-hydrogen) atoms. The summed E-state index contributed by atoms with van der Waals surface area (Å²) in [5, 5.41) is 17.8. The van der Waals surface area contributed by atoms with Gasteiger partial charge in [-0.3, -0.25) is 9.79 Å². The van der Waals surface area contributed by atoms with E-state index in [0.29, 0.717) is 11.3 Å². The Morgan fingerprint density at radius 1 is 1.13 bits per heavy atom. The van der Waals surface area contributed by atoms with Crippen LogP contribution in [0.25, 0.3) is 0 Å². The molecule has 2 N–H and O–H groups in total. The first-order chi connectivity index (χ1) is 11.0. The maximum absolute atomic E-state index is 10.3. The standard InChI is InChI=1S/C10H11NO3.2C4H9.Sn/c1-7(11-6-10(13)14)8-4-2-3-5-9(8)12;2*1-3-4-2;/h2-5,12H,6H2,1H3,(H,13,14);2*1,3-4H2,2H3;. The van der Waals surface area contributed by atoms with Crippen LogP contribution >= 0.6 is 0 Å². The monoisotopic (exact) mass is 427 g/mol. The summed E-state index contributed by atoms with van der Waals surface area (Å²) < 4.78 is 3.25. The predicted molar refractivity (Wildman–Crippen MR) is 98.0 cm³/mol. The predicted octanol–water partition coefficient (Wildman–Crippen LogP) is 4.41. The molecular formula is C18H29NO3Sn. The fourth-order valence-electron chi connectivity index (χ4n) is 1.78. The van der Waals surface area contributed by atoms with Crippen LogP contribution in [0.2, 0.25) is 8.87 Å². The van der Waals surface area contributed by atoms with Crippen LogP contribution in [0.1, 0.15) is 52.0 Å². The van der Waals surface area contributed by atoms with Crippen molar-refractivity contribution in [3.05, 3.63) is 29.8 Å². The molecule has 1 rings (SSSR count). The van der Waals surface area contributed by atoms with Gasteiger partial charge in [0.2, 0.25) is 0 Å². The normalized spacial score (nSPS) is 10.8. The van der Waals surface area contributed by atoms with Crippen molar-refractivity contribution >= 4 is 32.8 Å². The van der Waals surface area contributed by atoms with E-state index < -0.39 is 5.97 Å². The average molecular weight is 426 g/mol. The van der Waals surface area contributed by atoms with Crippen LogP contribution in [0.5, 0.6) is 5.75 Å². The van der Waals surface area contributed by atoms with Gasteiger partial charge in [-0.2, -0.15) is 0 Å². The molecule has 0 amide bonds. The molecule has 0 heterocycles. The van der Waals surface area contributed by atoms with Crippen LogP contribution in [-0.4, -0.2) is 49.6 Å². The van der Waals surface area contributed by atoms with E-state index >= 15 is 0 Å². The second-order valence-corrected chi connectivity index (χ2v) is 9.55. The number of hydrogen-bond acceptors (Lipinski definition) is 3. The molecule has 1 aromatic rings. The van der Waals surface area contributed by atoms with Gasteiger partial charge < -0.3 is 10.2 Å². The zero-order chi connectivity index (χ0) is 17.5. The molecule has 1 aromatic carbocycles. The molecule has 5 heteroatoms. The fourth-order valence-corrected chi connectivity index (χ4v) is 5.94. The second kappa shape index (κ2) is 14.5. The van der Waals surface area contributed by atoms with E-state index in [1.165, 1.54) is 31.7 Å². The van der Waals surface area contributed by atoms with Crippen molar-refractivity contribution in [1.82, 2.24) is 0 Å². The van der Waals surface area contributed by atoms with Crippen molar-refractivity contribution in [3.63, 3.8) is 0 Å². The van der Waals surface area contributed by atoms with Gasteiger partial charge in [-0.05, 0) is 19.1 Å². The Bertz CT molecular complexity index is 469. The van der Waals surface area contributed by atoms with Crippen molar-refractivity contribution in [2.45, 2.75) is 55.3 Å². The number of carbonyl (C=O) groups is 1. The number of aliphatic imine (C=N–C) groups is 1. The third-order valence-corrected chi connectivity index (χ3v) is 7.20. The number of carboxylic acid groups (broad SMARTS) is 1. The van der Waals surface area contributed by atoms with Gasteiger partial charge in [-0.1, -0.05) is 12.1 Å². The van der Waals surface area contributed by atoms with Crippen LogP contribution < -0.4 is 0 Å². The Morgan fingerprint density at radius 3 is 2.17 bits per heavy atom. The number of aliphatic carboxylic acids is 1. The summed E-state index contributed by atoms with van der Waals surface area (Å²) in [6.45, 7) is 5.97. The van der Waals surface area contributed by atoms with Crippen molar-refractivity contribution in [2.24, 2.45) is 4.99 Å². The summed E-state index contributed by atoms with van der Waals surface area (Å²) in [5.74, 6) is -0.876. The summed E-state index contributed by atoms with van der Waals surface area (Å²) in [5.41, 5.74) is 1.08. The molecule has 128 valence electrons. The Hall–Kier alpha value is -1.04. The summed E-state index contributed by atoms with van der Waals surface area (Å²) in [4.78, 5) is 14.1. The molecule has 0 saturated carbocycles. The Balaban J connectivity index is 0.000000468. The Labute approximate surface area is 150 Å². The first kappa shape index (κ1) is 22.0. The number of hydrogen-bond donors (Lipinski definition) is 2. The van der Waals surface area contributed by atoms with Crippen molar-refractivity contribution in [1.29, 1.82) is 0 Å². The van der Waals surface area contributed by atoms with E-state index in [4.69, 9.17) is 5.11 Å². The van der Waals surface area contributed by atoms with E-state index in [9.17, 15) is 9.90 Å². The molecule has 0 saturated heterocycles. The van der Waals surface area contributed by atoms with Crippen LogP contribution in [0.4, 0.5) is 0 Å². The summed E-state index contributed by atoms with van der Waals surface area (Å²) >= 11 is 0.149. The average Bonchev–Trinajstić information content (AvgIpc) is 2.53. The first-order valence-electron chi connectivity index (χ1n) is 8.24. The summed E-state index contributed by atoms with van der Waals surface area (Å²) in [6.07, 6.45) is 5.84. The number of benzene rings is 1. The fraction of sp³-hybridized carbons (Fsp3) is 0.556. The molecule has 0 aliphatic rings. The minimum absolute atomic E-state index is 0.110. The number of phenols is 1. The number of carboxylic acids is 1. The number of rotatable bonds is 9. The third-order valence-electron chi connectivity index (χ3n) is 3.16. The van der Waals surface area contributed by atoms with E-state index in [1.54, 1.807) is 34.0 Å². The van der Waals surface area contributed by atoms with E-state index in [0.717, 1.165) is 0 Å². The second-order valence-electron chi connectivity index (χ2n) is 5.27. The van der Waals surface area contributed by atoms with Gasteiger partial charge in [0.25, 0.3) is 0 Å². The molecule has 0 atom stereocenters. The number of phenolic OH excluding ortho intramolecular Hbond substituents is 1.